The number of hydrogen-bond donors (Lipinski definition) is 1. The van der Waals surface area contributed by atoms with Gasteiger partial charge >= 0.3 is 0 Å². The fourth-order valence-electron chi connectivity index (χ4n) is 3.23. The topological polar surface area (TPSA) is 88.8 Å². The van der Waals surface area contributed by atoms with Crippen molar-refractivity contribution < 1.29 is 9.53 Å². The van der Waals surface area contributed by atoms with Crippen molar-refractivity contribution >= 4 is 17.4 Å². The van der Waals surface area contributed by atoms with Crippen molar-refractivity contribution in [2.45, 2.75) is 13.5 Å². The van der Waals surface area contributed by atoms with Crippen LogP contribution in [0.15, 0.2) is 47.7 Å². The van der Waals surface area contributed by atoms with Crippen molar-refractivity contribution in [3.05, 3.63) is 69.9 Å². The molecule has 0 spiro atoms. The second kappa shape index (κ2) is 7.77. The van der Waals surface area contributed by atoms with Crippen molar-refractivity contribution in [2.75, 3.05) is 31.2 Å². The summed E-state index contributed by atoms with van der Waals surface area (Å²) in [5.41, 5.74) is 2.03. The summed E-state index contributed by atoms with van der Waals surface area (Å²) in [6, 6.07) is 7.36. The molecule has 144 valence electrons. The van der Waals surface area contributed by atoms with Gasteiger partial charge in [-0.3, -0.25) is 14.0 Å². The van der Waals surface area contributed by atoms with Gasteiger partial charge in [0.15, 0.2) is 0 Å². The van der Waals surface area contributed by atoms with E-state index in [-0.39, 0.29) is 17.7 Å². The van der Waals surface area contributed by atoms with Gasteiger partial charge in [0, 0.05) is 43.8 Å². The first-order valence-corrected chi connectivity index (χ1v) is 9.16. The fraction of sp³-hybridized carbons (Fsp3) is 0.300. The molecule has 4 rings (SSSR count). The minimum absolute atomic E-state index is 0.0122. The highest BCUT2D eigenvalue weighted by atomic mass is 16.5. The number of pyridine rings is 2. The SMILES string of the molecule is Cc1ccn2c(=O)c(C(=O)NCc3cccnc3N3CCOCC3)cnc2c1. The number of fused-ring (bicyclic) bond motifs is 1. The van der Waals surface area contributed by atoms with E-state index in [0.717, 1.165) is 30.0 Å². The molecule has 1 fully saturated rings. The summed E-state index contributed by atoms with van der Waals surface area (Å²) in [5.74, 6) is 0.374. The Morgan fingerprint density at radius 3 is 2.89 bits per heavy atom. The van der Waals surface area contributed by atoms with Gasteiger partial charge in [-0.25, -0.2) is 9.97 Å². The molecule has 1 amide bonds. The summed E-state index contributed by atoms with van der Waals surface area (Å²) < 4.78 is 6.77. The molecule has 28 heavy (non-hydrogen) atoms. The first kappa shape index (κ1) is 18.1. The van der Waals surface area contributed by atoms with E-state index in [1.807, 2.05) is 25.1 Å². The van der Waals surface area contributed by atoms with Crippen LogP contribution < -0.4 is 15.8 Å². The molecule has 3 aromatic heterocycles. The summed E-state index contributed by atoms with van der Waals surface area (Å²) >= 11 is 0. The number of nitrogens with zero attached hydrogens (tertiary/aromatic N) is 4. The van der Waals surface area contributed by atoms with Gasteiger partial charge in [0.05, 0.1) is 13.2 Å². The Morgan fingerprint density at radius 1 is 1.25 bits per heavy atom. The number of carbonyl (C=O) groups is 1. The number of carbonyl (C=O) groups excluding carboxylic acids is 1. The minimum atomic E-state index is -0.454. The zero-order chi connectivity index (χ0) is 19.5. The molecule has 0 bridgehead atoms. The van der Waals surface area contributed by atoms with E-state index >= 15 is 0 Å². The molecule has 1 aliphatic heterocycles. The highest BCUT2D eigenvalue weighted by Crippen LogP contribution is 2.18. The lowest BCUT2D eigenvalue weighted by atomic mass is 10.2. The second-order valence-corrected chi connectivity index (χ2v) is 6.68. The molecular weight excluding hydrogens is 358 g/mol. The molecule has 8 heteroatoms. The van der Waals surface area contributed by atoms with Crippen LogP contribution in [0.3, 0.4) is 0 Å². The van der Waals surface area contributed by atoms with Gasteiger partial charge in [-0.05, 0) is 30.7 Å². The van der Waals surface area contributed by atoms with Gasteiger partial charge < -0.3 is 15.0 Å². The lowest BCUT2D eigenvalue weighted by molar-refractivity contribution is 0.0948. The number of aromatic nitrogens is 3. The van der Waals surface area contributed by atoms with Crippen molar-refractivity contribution in [1.82, 2.24) is 19.7 Å². The Kier molecular flexibility index (Phi) is 5.03. The van der Waals surface area contributed by atoms with Crippen LogP contribution >= 0.6 is 0 Å². The standard InChI is InChI=1S/C20H21N5O3/c1-14-4-6-25-17(11-14)22-13-16(20(25)27)19(26)23-12-15-3-2-5-21-18(15)24-7-9-28-10-8-24/h2-6,11,13H,7-10,12H2,1H3,(H,23,26). The Labute approximate surface area is 161 Å². The van der Waals surface area contributed by atoms with Crippen molar-refractivity contribution in [3.8, 4) is 0 Å². The van der Waals surface area contributed by atoms with E-state index in [9.17, 15) is 9.59 Å². The maximum absolute atomic E-state index is 12.6. The third-order valence-corrected chi connectivity index (χ3v) is 4.73. The summed E-state index contributed by atoms with van der Waals surface area (Å²) in [7, 11) is 0. The van der Waals surface area contributed by atoms with E-state index < -0.39 is 5.91 Å². The van der Waals surface area contributed by atoms with E-state index in [0.29, 0.717) is 18.9 Å². The first-order chi connectivity index (χ1) is 13.6. The Morgan fingerprint density at radius 2 is 2.07 bits per heavy atom. The second-order valence-electron chi connectivity index (χ2n) is 6.68. The van der Waals surface area contributed by atoms with Gasteiger partial charge in [-0.1, -0.05) is 6.07 Å². The normalized spacial score (nSPS) is 14.2. The van der Waals surface area contributed by atoms with Crippen molar-refractivity contribution in [3.63, 3.8) is 0 Å². The predicted molar refractivity (Wildman–Crippen MR) is 105 cm³/mol. The number of amides is 1. The van der Waals surface area contributed by atoms with E-state index in [4.69, 9.17) is 4.74 Å². The van der Waals surface area contributed by atoms with Crippen molar-refractivity contribution in [1.29, 1.82) is 0 Å². The van der Waals surface area contributed by atoms with Crippen LogP contribution in [0.5, 0.6) is 0 Å². The zero-order valence-electron chi connectivity index (χ0n) is 15.6. The highest BCUT2D eigenvalue weighted by molar-refractivity contribution is 5.93. The molecule has 0 radical (unpaired) electrons. The average molecular weight is 379 g/mol. The van der Waals surface area contributed by atoms with Gasteiger partial charge in [-0.2, -0.15) is 0 Å². The molecular formula is C20H21N5O3. The molecule has 0 atom stereocenters. The predicted octanol–water partition coefficient (Wildman–Crippen LogP) is 1.16. The molecule has 1 aliphatic rings. The molecule has 3 aromatic rings. The van der Waals surface area contributed by atoms with E-state index in [1.54, 1.807) is 18.5 Å². The van der Waals surface area contributed by atoms with E-state index in [2.05, 4.69) is 20.2 Å². The molecule has 8 nitrogen and oxygen atoms in total. The monoisotopic (exact) mass is 379 g/mol. The quantitative estimate of drug-likeness (QED) is 0.732. The molecule has 1 N–H and O–H groups in total. The summed E-state index contributed by atoms with van der Waals surface area (Å²) in [6.45, 7) is 5.02. The minimum Gasteiger partial charge on any atom is -0.378 e. The largest absolute Gasteiger partial charge is 0.378 e. The Hall–Kier alpha value is -3.26. The van der Waals surface area contributed by atoms with Crippen LogP contribution in [-0.2, 0) is 11.3 Å². The maximum Gasteiger partial charge on any atom is 0.270 e. The fourth-order valence-corrected chi connectivity index (χ4v) is 3.23. The third-order valence-electron chi connectivity index (χ3n) is 4.73. The Bertz CT molecular complexity index is 1070. The van der Waals surface area contributed by atoms with Gasteiger partial charge in [-0.15, -0.1) is 0 Å². The average Bonchev–Trinajstić information content (AvgIpc) is 2.73. The molecule has 0 aliphatic carbocycles. The van der Waals surface area contributed by atoms with Crippen LogP contribution in [0.2, 0.25) is 0 Å². The number of morpholine rings is 1. The number of hydrogen-bond acceptors (Lipinski definition) is 6. The van der Waals surface area contributed by atoms with Crippen LogP contribution in [0.1, 0.15) is 21.5 Å². The molecule has 1 saturated heterocycles. The maximum atomic E-state index is 12.6. The summed E-state index contributed by atoms with van der Waals surface area (Å²) in [4.78, 5) is 36.1. The van der Waals surface area contributed by atoms with Gasteiger partial charge in [0.2, 0.25) is 0 Å². The number of ether oxygens (including phenoxy) is 1. The zero-order valence-corrected chi connectivity index (χ0v) is 15.6. The van der Waals surface area contributed by atoms with Gasteiger partial charge in [0.1, 0.15) is 17.0 Å². The first-order valence-electron chi connectivity index (χ1n) is 9.16. The number of anilines is 1. The number of nitrogens with one attached hydrogen (secondary N) is 1. The number of aryl methyl sites for hydroxylation is 1. The lowest BCUT2D eigenvalue weighted by Crippen LogP contribution is -2.38. The van der Waals surface area contributed by atoms with Gasteiger partial charge in [0.25, 0.3) is 11.5 Å². The van der Waals surface area contributed by atoms with Crippen LogP contribution in [0, 0.1) is 6.92 Å². The number of rotatable bonds is 4. The van der Waals surface area contributed by atoms with Crippen LogP contribution in [0.25, 0.3) is 5.65 Å². The van der Waals surface area contributed by atoms with Crippen LogP contribution in [-0.4, -0.2) is 46.6 Å². The van der Waals surface area contributed by atoms with Crippen molar-refractivity contribution in [2.24, 2.45) is 0 Å². The Balaban J connectivity index is 1.54. The lowest BCUT2D eigenvalue weighted by Gasteiger charge is -2.29. The third kappa shape index (κ3) is 3.59. The molecule has 0 unspecified atom stereocenters. The molecule has 4 heterocycles. The smallest absolute Gasteiger partial charge is 0.270 e. The summed E-state index contributed by atoms with van der Waals surface area (Å²) in [5, 5.41) is 2.82. The molecule has 0 saturated carbocycles. The summed E-state index contributed by atoms with van der Waals surface area (Å²) in [6.07, 6.45) is 4.70. The van der Waals surface area contributed by atoms with E-state index in [1.165, 1.54) is 10.6 Å². The van der Waals surface area contributed by atoms with Crippen LogP contribution in [0.4, 0.5) is 5.82 Å². The molecule has 0 aromatic carbocycles. The highest BCUT2D eigenvalue weighted by Gasteiger charge is 2.18.